The van der Waals surface area contributed by atoms with Crippen molar-refractivity contribution in [1.82, 2.24) is 0 Å². The lowest BCUT2D eigenvalue weighted by Crippen LogP contribution is -2.20. The Morgan fingerprint density at radius 2 is 1.86 bits per heavy atom. The molecule has 0 aliphatic carbocycles. The van der Waals surface area contributed by atoms with Crippen molar-refractivity contribution in [2.24, 2.45) is 0 Å². The maximum absolute atomic E-state index is 12.8. The third-order valence-electron chi connectivity index (χ3n) is 1.82. The molecule has 0 aliphatic heterocycles. The zero-order valence-corrected chi connectivity index (χ0v) is 7.27. The van der Waals surface area contributed by atoms with Crippen molar-refractivity contribution in [3.8, 4) is 0 Å². The molecule has 0 fully saturated rings. The van der Waals surface area contributed by atoms with Gasteiger partial charge in [0.15, 0.2) is 6.10 Å². The third-order valence-corrected chi connectivity index (χ3v) is 1.82. The summed E-state index contributed by atoms with van der Waals surface area (Å²) >= 11 is 0. The molecule has 1 aromatic carbocycles. The van der Waals surface area contributed by atoms with Crippen molar-refractivity contribution >= 4 is 0 Å². The molecule has 0 spiro atoms. The predicted molar refractivity (Wildman–Crippen MR) is 42.2 cm³/mol. The van der Waals surface area contributed by atoms with Gasteiger partial charge >= 0.3 is 6.18 Å². The summed E-state index contributed by atoms with van der Waals surface area (Å²) in [6.07, 6.45) is -7.39. The van der Waals surface area contributed by atoms with Gasteiger partial charge in [0.1, 0.15) is 5.82 Å². The highest BCUT2D eigenvalue weighted by Gasteiger charge is 2.39. The number of aliphatic hydroxyl groups excluding tert-OH is 1. The van der Waals surface area contributed by atoms with Gasteiger partial charge in [0.25, 0.3) is 0 Å². The maximum atomic E-state index is 12.8. The number of rotatable bonds is 1. The Balaban J connectivity index is 3.03. The molecule has 1 rings (SSSR count). The smallest absolute Gasteiger partial charge is 0.379 e. The van der Waals surface area contributed by atoms with E-state index in [1.165, 1.54) is 13.0 Å². The first-order chi connectivity index (χ1) is 6.32. The van der Waals surface area contributed by atoms with E-state index in [4.69, 9.17) is 5.11 Å². The number of benzene rings is 1. The molecule has 0 radical (unpaired) electrons. The van der Waals surface area contributed by atoms with Crippen molar-refractivity contribution in [3.63, 3.8) is 0 Å². The molecule has 78 valence electrons. The van der Waals surface area contributed by atoms with Crippen molar-refractivity contribution in [2.75, 3.05) is 0 Å². The second-order valence-corrected chi connectivity index (χ2v) is 2.95. The molecule has 1 unspecified atom stereocenters. The molecule has 0 heterocycles. The largest absolute Gasteiger partial charge is 0.418 e. The van der Waals surface area contributed by atoms with Crippen molar-refractivity contribution in [1.29, 1.82) is 0 Å². The van der Waals surface area contributed by atoms with Crippen LogP contribution in [0.1, 0.15) is 17.2 Å². The fourth-order valence-corrected chi connectivity index (χ4v) is 0.968. The summed E-state index contributed by atoms with van der Waals surface area (Å²) in [5.41, 5.74) is -0.247. The van der Waals surface area contributed by atoms with Crippen LogP contribution in [0.5, 0.6) is 0 Å². The highest BCUT2D eigenvalue weighted by atomic mass is 19.4. The Kier molecular flexibility index (Phi) is 2.80. The van der Waals surface area contributed by atoms with Crippen LogP contribution >= 0.6 is 0 Å². The van der Waals surface area contributed by atoms with Gasteiger partial charge in [0, 0.05) is 0 Å². The van der Waals surface area contributed by atoms with Crippen molar-refractivity contribution in [2.45, 2.75) is 19.2 Å². The summed E-state index contributed by atoms with van der Waals surface area (Å²) < 4.78 is 48.8. The average Bonchev–Trinajstić information content (AvgIpc) is 2.07. The summed E-state index contributed by atoms with van der Waals surface area (Å²) in [5.74, 6) is -0.759. The lowest BCUT2D eigenvalue weighted by Gasteiger charge is -2.14. The van der Waals surface area contributed by atoms with Crippen LogP contribution in [0.15, 0.2) is 18.2 Å². The standard InChI is InChI=1S/C9H8F4O/c1-5-2-3-6(4-7(5)10)8(14)9(11,12)13/h2-4,8,14H,1H3. The minimum atomic E-state index is -4.76. The number of alkyl halides is 3. The molecule has 14 heavy (non-hydrogen) atoms. The normalized spacial score (nSPS) is 14.1. The van der Waals surface area contributed by atoms with Gasteiger partial charge in [-0.05, 0) is 24.1 Å². The van der Waals surface area contributed by atoms with Gasteiger partial charge in [-0.25, -0.2) is 4.39 Å². The van der Waals surface area contributed by atoms with E-state index in [2.05, 4.69) is 0 Å². The molecule has 0 bridgehead atoms. The predicted octanol–water partition coefficient (Wildman–Crippen LogP) is 2.73. The molecule has 1 nitrogen and oxygen atoms in total. The van der Waals surface area contributed by atoms with Gasteiger partial charge in [0.05, 0.1) is 0 Å². The first-order valence-corrected chi connectivity index (χ1v) is 3.83. The van der Waals surface area contributed by atoms with E-state index >= 15 is 0 Å². The van der Waals surface area contributed by atoms with E-state index in [0.717, 1.165) is 6.07 Å². The molecule has 1 atom stereocenters. The first-order valence-electron chi connectivity index (χ1n) is 3.83. The zero-order chi connectivity index (χ0) is 10.9. The lowest BCUT2D eigenvalue weighted by atomic mass is 10.1. The second kappa shape index (κ2) is 3.57. The van der Waals surface area contributed by atoms with Crippen LogP contribution in [-0.2, 0) is 0 Å². The van der Waals surface area contributed by atoms with E-state index < -0.39 is 23.7 Å². The lowest BCUT2D eigenvalue weighted by molar-refractivity contribution is -0.206. The summed E-state index contributed by atoms with van der Waals surface area (Å²) in [4.78, 5) is 0. The quantitative estimate of drug-likeness (QED) is 0.703. The highest BCUT2D eigenvalue weighted by Crippen LogP contribution is 2.32. The van der Waals surface area contributed by atoms with Gasteiger partial charge in [-0.1, -0.05) is 12.1 Å². The van der Waals surface area contributed by atoms with Crippen molar-refractivity contribution in [3.05, 3.63) is 35.1 Å². The first kappa shape index (κ1) is 11.0. The maximum Gasteiger partial charge on any atom is 0.418 e. The van der Waals surface area contributed by atoms with E-state index in [-0.39, 0.29) is 5.56 Å². The second-order valence-electron chi connectivity index (χ2n) is 2.95. The molecule has 0 amide bonds. The van der Waals surface area contributed by atoms with Crippen LogP contribution in [-0.4, -0.2) is 11.3 Å². The average molecular weight is 208 g/mol. The minimum absolute atomic E-state index is 0.239. The number of aryl methyl sites for hydroxylation is 1. The zero-order valence-electron chi connectivity index (χ0n) is 7.27. The van der Waals surface area contributed by atoms with Crippen LogP contribution in [0.2, 0.25) is 0 Å². The Morgan fingerprint density at radius 3 is 2.29 bits per heavy atom. The molecule has 0 saturated heterocycles. The Hall–Kier alpha value is -1.10. The highest BCUT2D eigenvalue weighted by molar-refractivity contribution is 5.25. The van der Waals surface area contributed by atoms with Crippen molar-refractivity contribution < 1.29 is 22.7 Å². The molecular weight excluding hydrogens is 200 g/mol. The molecule has 1 aromatic rings. The van der Waals surface area contributed by atoms with Gasteiger partial charge in [0.2, 0.25) is 0 Å². The van der Waals surface area contributed by atoms with E-state index in [9.17, 15) is 17.6 Å². The Bertz CT molecular complexity index is 332. The minimum Gasteiger partial charge on any atom is -0.379 e. The fraction of sp³-hybridized carbons (Fsp3) is 0.333. The topological polar surface area (TPSA) is 20.2 Å². The van der Waals surface area contributed by atoms with Gasteiger partial charge in [-0.3, -0.25) is 0 Å². The SMILES string of the molecule is Cc1ccc(C(O)C(F)(F)F)cc1F. The van der Waals surface area contributed by atoms with E-state index in [1.807, 2.05) is 0 Å². The Morgan fingerprint density at radius 1 is 1.29 bits per heavy atom. The summed E-state index contributed by atoms with van der Waals surface area (Å²) in [6, 6.07) is 2.93. The molecule has 0 aromatic heterocycles. The van der Waals surface area contributed by atoms with E-state index in [0.29, 0.717) is 6.07 Å². The molecule has 5 heteroatoms. The summed E-state index contributed by atoms with van der Waals surface area (Å²) in [6.45, 7) is 1.43. The Labute approximate surface area is 78.0 Å². The van der Waals surface area contributed by atoms with Crippen LogP contribution in [0.25, 0.3) is 0 Å². The molecule has 0 saturated carbocycles. The third kappa shape index (κ3) is 2.23. The molecule has 1 N–H and O–H groups in total. The summed E-state index contributed by atoms with van der Waals surface area (Å²) in [5, 5.41) is 8.78. The van der Waals surface area contributed by atoms with Gasteiger partial charge < -0.3 is 5.11 Å². The molecule has 0 aliphatic rings. The number of aliphatic hydroxyl groups is 1. The van der Waals surface area contributed by atoms with E-state index in [1.54, 1.807) is 0 Å². The van der Waals surface area contributed by atoms with Crippen LogP contribution in [0.3, 0.4) is 0 Å². The number of hydrogen-bond donors (Lipinski definition) is 1. The number of halogens is 4. The molecular formula is C9H8F4O. The van der Waals surface area contributed by atoms with Crippen LogP contribution in [0.4, 0.5) is 17.6 Å². The van der Waals surface area contributed by atoms with Gasteiger partial charge in [-0.2, -0.15) is 13.2 Å². The van der Waals surface area contributed by atoms with Crippen LogP contribution in [0, 0.1) is 12.7 Å². The van der Waals surface area contributed by atoms with Gasteiger partial charge in [-0.15, -0.1) is 0 Å². The monoisotopic (exact) mass is 208 g/mol. The number of hydrogen-bond acceptors (Lipinski definition) is 1. The van der Waals surface area contributed by atoms with Crippen LogP contribution < -0.4 is 0 Å². The summed E-state index contributed by atoms with van der Waals surface area (Å²) in [7, 11) is 0. The fourth-order valence-electron chi connectivity index (χ4n) is 0.968.